The Hall–Kier alpha value is -1.40. The van der Waals surface area contributed by atoms with Crippen LogP contribution in [0.3, 0.4) is 0 Å². The van der Waals surface area contributed by atoms with E-state index in [9.17, 15) is 15.0 Å². The highest BCUT2D eigenvalue weighted by Gasteiger charge is 2.30. The zero-order valence-corrected chi connectivity index (χ0v) is 9.76. The number of aliphatic hydroxyl groups excluding tert-OH is 2. The molecule has 0 amide bonds. The fourth-order valence-corrected chi connectivity index (χ4v) is 1.63. The second-order valence-corrected chi connectivity index (χ2v) is 3.62. The summed E-state index contributed by atoms with van der Waals surface area (Å²) in [5.41, 5.74) is 1.74. The maximum Gasteiger partial charge on any atom is 0.337 e. The summed E-state index contributed by atoms with van der Waals surface area (Å²) in [4.78, 5) is 11.1. The summed E-state index contributed by atoms with van der Waals surface area (Å²) in [5, 5.41) is 23.5. The molecule has 0 saturated heterocycles. The molecule has 0 aliphatic rings. The van der Waals surface area contributed by atoms with Gasteiger partial charge in [0.15, 0.2) is 6.10 Å². The van der Waals surface area contributed by atoms with E-state index in [1.165, 1.54) is 0 Å². The topological polar surface area (TPSA) is 84.6 Å². The Morgan fingerprint density at radius 1 is 1.44 bits per heavy atom. The van der Waals surface area contributed by atoms with Crippen LogP contribution < -0.4 is 0 Å². The number of ether oxygens (including phenoxy) is 1. The highest BCUT2D eigenvalue weighted by molar-refractivity contribution is 5.75. The molecular weight excluding hydrogens is 212 g/mol. The Kier molecular flexibility index (Phi) is 3.66. The van der Waals surface area contributed by atoms with E-state index in [1.54, 1.807) is 25.6 Å². The molecule has 0 fully saturated rings. The van der Waals surface area contributed by atoms with Crippen molar-refractivity contribution >= 4 is 5.97 Å². The van der Waals surface area contributed by atoms with Crippen LogP contribution in [0.25, 0.3) is 0 Å². The lowest BCUT2D eigenvalue weighted by Gasteiger charge is -2.16. The first-order chi connectivity index (χ1) is 7.40. The zero-order chi connectivity index (χ0) is 12.5. The number of rotatable bonds is 3. The molecule has 16 heavy (non-hydrogen) atoms. The third-order valence-electron chi connectivity index (χ3n) is 2.60. The molecule has 1 aromatic rings. The fraction of sp³-hybridized carbons (Fsp3) is 0.600. The predicted octanol–water partition coefficient (Wildman–Crippen LogP) is -0.396. The lowest BCUT2D eigenvalue weighted by Crippen LogP contribution is -2.29. The maximum absolute atomic E-state index is 11.1. The molecule has 1 rings (SSSR count). The first kappa shape index (κ1) is 12.7. The smallest absolute Gasteiger partial charge is 0.337 e. The molecule has 6 nitrogen and oxygen atoms in total. The Morgan fingerprint density at radius 2 is 2.00 bits per heavy atom. The predicted molar refractivity (Wildman–Crippen MR) is 55.7 cm³/mol. The van der Waals surface area contributed by atoms with Crippen molar-refractivity contribution in [2.24, 2.45) is 7.05 Å². The molecule has 2 unspecified atom stereocenters. The lowest BCUT2D eigenvalue weighted by atomic mass is 10.0. The third kappa shape index (κ3) is 2.07. The van der Waals surface area contributed by atoms with Gasteiger partial charge in [-0.05, 0) is 13.8 Å². The average Bonchev–Trinajstić information content (AvgIpc) is 2.50. The standard InChI is InChI=1S/C10H16N2O4/c1-5-7(6(2)12(3)11-5)8(13)9(14)10(15)16-4/h8-9,13-14H,1-4H3. The van der Waals surface area contributed by atoms with E-state index in [0.717, 1.165) is 7.11 Å². The van der Waals surface area contributed by atoms with Crippen LogP contribution in [0.4, 0.5) is 0 Å². The van der Waals surface area contributed by atoms with Crippen LogP contribution in [0.2, 0.25) is 0 Å². The molecule has 0 aliphatic heterocycles. The molecule has 2 N–H and O–H groups in total. The molecule has 1 heterocycles. The number of hydrogen-bond donors (Lipinski definition) is 2. The van der Waals surface area contributed by atoms with Crippen LogP contribution >= 0.6 is 0 Å². The SMILES string of the molecule is COC(=O)C(O)C(O)c1c(C)nn(C)c1C. The van der Waals surface area contributed by atoms with Crippen LogP contribution in [0.5, 0.6) is 0 Å². The number of carbonyl (C=O) groups excluding carboxylic acids is 1. The van der Waals surface area contributed by atoms with Crippen molar-refractivity contribution < 1.29 is 19.7 Å². The first-order valence-electron chi connectivity index (χ1n) is 4.84. The van der Waals surface area contributed by atoms with Gasteiger partial charge in [-0.25, -0.2) is 4.79 Å². The van der Waals surface area contributed by atoms with Gasteiger partial charge in [0, 0.05) is 18.3 Å². The number of carbonyl (C=O) groups is 1. The van der Waals surface area contributed by atoms with E-state index in [4.69, 9.17) is 0 Å². The second kappa shape index (κ2) is 4.63. The van der Waals surface area contributed by atoms with Crippen molar-refractivity contribution in [1.29, 1.82) is 0 Å². The lowest BCUT2D eigenvalue weighted by molar-refractivity contribution is -0.156. The van der Waals surface area contributed by atoms with Crippen molar-refractivity contribution in [1.82, 2.24) is 9.78 Å². The van der Waals surface area contributed by atoms with Crippen LogP contribution in [0.1, 0.15) is 23.1 Å². The summed E-state index contributed by atoms with van der Waals surface area (Å²) in [6.07, 6.45) is -2.91. The van der Waals surface area contributed by atoms with E-state index in [2.05, 4.69) is 9.84 Å². The number of aryl methyl sites for hydroxylation is 2. The quantitative estimate of drug-likeness (QED) is 0.688. The van der Waals surface area contributed by atoms with Crippen LogP contribution in [-0.4, -0.2) is 39.2 Å². The van der Waals surface area contributed by atoms with E-state index >= 15 is 0 Å². The van der Waals surface area contributed by atoms with Crippen molar-refractivity contribution in [2.45, 2.75) is 26.1 Å². The van der Waals surface area contributed by atoms with Gasteiger partial charge in [0.05, 0.1) is 12.8 Å². The van der Waals surface area contributed by atoms with Gasteiger partial charge in [-0.2, -0.15) is 5.10 Å². The number of hydrogen-bond acceptors (Lipinski definition) is 5. The zero-order valence-electron chi connectivity index (χ0n) is 9.76. The largest absolute Gasteiger partial charge is 0.467 e. The minimum atomic E-state index is -1.59. The van der Waals surface area contributed by atoms with E-state index in [1.807, 2.05) is 0 Å². The van der Waals surface area contributed by atoms with Gasteiger partial charge in [0.2, 0.25) is 0 Å². The molecule has 6 heteroatoms. The van der Waals surface area contributed by atoms with E-state index in [0.29, 0.717) is 17.0 Å². The molecule has 0 spiro atoms. The fourth-order valence-electron chi connectivity index (χ4n) is 1.63. The Bertz CT molecular complexity index is 400. The van der Waals surface area contributed by atoms with Crippen molar-refractivity contribution in [3.05, 3.63) is 17.0 Å². The number of aromatic nitrogens is 2. The summed E-state index contributed by atoms with van der Waals surface area (Å²) >= 11 is 0. The van der Waals surface area contributed by atoms with E-state index < -0.39 is 18.2 Å². The van der Waals surface area contributed by atoms with Gasteiger partial charge in [-0.1, -0.05) is 0 Å². The van der Waals surface area contributed by atoms with Crippen molar-refractivity contribution in [2.75, 3.05) is 7.11 Å². The van der Waals surface area contributed by atoms with Crippen LogP contribution in [0, 0.1) is 13.8 Å². The van der Waals surface area contributed by atoms with Gasteiger partial charge in [0.1, 0.15) is 6.10 Å². The molecule has 0 aliphatic carbocycles. The Balaban J connectivity index is 3.04. The third-order valence-corrected chi connectivity index (χ3v) is 2.60. The molecule has 90 valence electrons. The molecule has 0 saturated carbocycles. The summed E-state index contributed by atoms with van der Waals surface area (Å²) in [6, 6.07) is 0. The van der Waals surface area contributed by atoms with Gasteiger partial charge >= 0.3 is 5.97 Å². The summed E-state index contributed by atoms with van der Waals surface area (Å²) in [6.45, 7) is 3.46. The average molecular weight is 228 g/mol. The summed E-state index contributed by atoms with van der Waals surface area (Å²) < 4.78 is 5.95. The molecule has 0 aromatic carbocycles. The molecule has 1 aromatic heterocycles. The number of methoxy groups -OCH3 is 1. The molecule has 0 bridgehead atoms. The van der Waals surface area contributed by atoms with Crippen LogP contribution in [-0.2, 0) is 16.6 Å². The second-order valence-electron chi connectivity index (χ2n) is 3.62. The van der Waals surface area contributed by atoms with Gasteiger partial charge in [-0.15, -0.1) is 0 Å². The molecular formula is C10H16N2O4. The molecule has 0 radical (unpaired) electrons. The van der Waals surface area contributed by atoms with Crippen LogP contribution in [0.15, 0.2) is 0 Å². The highest BCUT2D eigenvalue weighted by atomic mass is 16.5. The molecule has 2 atom stereocenters. The van der Waals surface area contributed by atoms with E-state index in [-0.39, 0.29) is 0 Å². The van der Waals surface area contributed by atoms with Crippen molar-refractivity contribution in [3.8, 4) is 0 Å². The van der Waals surface area contributed by atoms with Gasteiger partial charge in [-0.3, -0.25) is 4.68 Å². The monoisotopic (exact) mass is 228 g/mol. The maximum atomic E-state index is 11.1. The Morgan fingerprint density at radius 3 is 2.38 bits per heavy atom. The van der Waals surface area contributed by atoms with Gasteiger partial charge < -0.3 is 14.9 Å². The van der Waals surface area contributed by atoms with Gasteiger partial charge in [0.25, 0.3) is 0 Å². The summed E-state index contributed by atoms with van der Waals surface area (Å²) in [5.74, 6) is -0.866. The Labute approximate surface area is 93.5 Å². The highest BCUT2D eigenvalue weighted by Crippen LogP contribution is 2.24. The minimum absolute atomic E-state index is 0.459. The minimum Gasteiger partial charge on any atom is -0.467 e. The number of aliphatic hydroxyl groups is 2. The number of esters is 1. The number of nitrogens with zero attached hydrogens (tertiary/aromatic N) is 2. The van der Waals surface area contributed by atoms with Crippen molar-refractivity contribution in [3.63, 3.8) is 0 Å². The normalized spacial score (nSPS) is 14.6. The first-order valence-corrected chi connectivity index (χ1v) is 4.84. The summed E-state index contributed by atoms with van der Waals surface area (Å²) in [7, 11) is 2.88.